The molecule has 0 aliphatic carbocycles. The van der Waals surface area contributed by atoms with Crippen molar-refractivity contribution in [3.8, 4) is 0 Å². The predicted molar refractivity (Wildman–Crippen MR) is 78.4 cm³/mol. The van der Waals surface area contributed by atoms with E-state index in [9.17, 15) is 9.18 Å². The van der Waals surface area contributed by atoms with Gasteiger partial charge in [-0.25, -0.2) is 4.39 Å². The lowest BCUT2D eigenvalue weighted by atomic mass is 10.0. The number of benzene rings is 2. The van der Waals surface area contributed by atoms with Gasteiger partial charge in [0.1, 0.15) is 5.82 Å². The number of carbonyl (C=O) groups excluding carboxylic acids is 1. The number of nitrogens with one attached hydrogen (secondary N) is 1. The Hall–Kier alpha value is -2.07. The number of carbonyl (C=O) groups is 1. The number of rotatable bonds is 4. The van der Waals surface area contributed by atoms with E-state index in [1.54, 1.807) is 18.2 Å². The Morgan fingerprint density at radius 1 is 1.30 bits per heavy atom. The van der Waals surface area contributed by atoms with E-state index in [1.165, 1.54) is 12.1 Å². The number of halogens is 2. The van der Waals surface area contributed by atoms with Crippen LogP contribution in [-0.2, 0) is 6.54 Å². The second kappa shape index (κ2) is 5.92. The van der Waals surface area contributed by atoms with Crippen LogP contribution < -0.4 is 11.1 Å². The lowest BCUT2D eigenvalue weighted by Gasteiger charge is -2.10. The summed E-state index contributed by atoms with van der Waals surface area (Å²) in [6, 6.07) is 9.50. The fraction of sp³-hybridized carbons (Fsp3) is 0.133. The smallest absolute Gasteiger partial charge is 0.248 e. The highest BCUT2D eigenvalue weighted by atomic mass is 35.5. The molecule has 0 heterocycles. The van der Waals surface area contributed by atoms with Gasteiger partial charge in [0, 0.05) is 22.8 Å². The number of amides is 1. The first-order valence-corrected chi connectivity index (χ1v) is 6.43. The van der Waals surface area contributed by atoms with Crippen molar-refractivity contribution in [1.29, 1.82) is 0 Å². The Balaban J connectivity index is 2.12. The lowest BCUT2D eigenvalue weighted by molar-refractivity contribution is 0.1000. The summed E-state index contributed by atoms with van der Waals surface area (Å²) >= 11 is 5.79. The molecule has 0 radical (unpaired) electrons. The van der Waals surface area contributed by atoms with Gasteiger partial charge in [0.25, 0.3) is 0 Å². The highest BCUT2D eigenvalue weighted by molar-refractivity contribution is 6.30. The van der Waals surface area contributed by atoms with Crippen molar-refractivity contribution in [1.82, 2.24) is 0 Å². The number of aryl methyl sites for hydroxylation is 1. The molecule has 2 aromatic carbocycles. The minimum Gasteiger partial charge on any atom is -0.381 e. The molecule has 2 rings (SSSR count). The molecule has 0 aliphatic rings. The molecule has 0 aromatic heterocycles. The molecule has 1 amide bonds. The molecule has 0 saturated heterocycles. The van der Waals surface area contributed by atoms with Crippen molar-refractivity contribution in [2.45, 2.75) is 13.5 Å². The first-order chi connectivity index (χ1) is 9.45. The van der Waals surface area contributed by atoms with E-state index in [1.807, 2.05) is 13.0 Å². The molecule has 0 atom stereocenters. The van der Waals surface area contributed by atoms with Crippen LogP contribution in [0.3, 0.4) is 0 Å². The molecule has 20 heavy (non-hydrogen) atoms. The van der Waals surface area contributed by atoms with E-state index in [0.29, 0.717) is 22.8 Å². The maximum Gasteiger partial charge on any atom is 0.248 e. The first kappa shape index (κ1) is 14.3. The Morgan fingerprint density at radius 2 is 2.05 bits per heavy atom. The van der Waals surface area contributed by atoms with Crippen LogP contribution in [0.25, 0.3) is 0 Å². The number of nitrogens with two attached hydrogens (primary N) is 1. The Morgan fingerprint density at radius 3 is 2.65 bits per heavy atom. The second-order valence-corrected chi connectivity index (χ2v) is 4.95. The van der Waals surface area contributed by atoms with E-state index in [0.717, 1.165) is 11.1 Å². The molecule has 0 fully saturated rings. The van der Waals surface area contributed by atoms with Gasteiger partial charge in [-0.15, -0.1) is 0 Å². The predicted octanol–water partition coefficient (Wildman–Crippen LogP) is 3.50. The summed E-state index contributed by atoms with van der Waals surface area (Å²) in [5.41, 5.74) is 8.23. The van der Waals surface area contributed by atoms with E-state index in [2.05, 4.69) is 5.32 Å². The van der Waals surface area contributed by atoms with E-state index in [-0.39, 0.29) is 5.82 Å². The third kappa shape index (κ3) is 3.48. The van der Waals surface area contributed by atoms with Crippen molar-refractivity contribution in [2.24, 2.45) is 5.73 Å². The van der Waals surface area contributed by atoms with Crippen molar-refractivity contribution in [3.63, 3.8) is 0 Å². The summed E-state index contributed by atoms with van der Waals surface area (Å²) in [5, 5.41) is 3.43. The topological polar surface area (TPSA) is 55.1 Å². The van der Waals surface area contributed by atoms with Crippen LogP contribution >= 0.6 is 11.6 Å². The summed E-state index contributed by atoms with van der Waals surface area (Å²) < 4.78 is 13.2. The fourth-order valence-electron chi connectivity index (χ4n) is 1.90. The number of hydrogen-bond acceptors (Lipinski definition) is 2. The average molecular weight is 293 g/mol. The van der Waals surface area contributed by atoms with Gasteiger partial charge in [0.15, 0.2) is 0 Å². The monoisotopic (exact) mass is 292 g/mol. The van der Waals surface area contributed by atoms with Crippen LogP contribution in [0.2, 0.25) is 5.02 Å². The molecular weight excluding hydrogens is 279 g/mol. The van der Waals surface area contributed by atoms with Crippen LogP contribution in [0.5, 0.6) is 0 Å². The van der Waals surface area contributed by atoms with Gasteiger partial charge in [0.05, 0.1) is 0 Å². The molecule has 0 aliphatic heterocycles. The summed E-state index contributed by atoms with van der Waals surface area (Å²) in [6.07, 6.45) is 0. The molecule has 0 bridgehead atoms. The second-order valence-electron chi connectivity index (χ2n) is 4.52. The van der Waals surface area contributed by atoms with Gasteiger partial charge in [-0.1, -0.05) is 17.7 Å². The minimum atomic E-state index is -0.454. The highest BCUT2D eigenvalue weighted by Crippen LogP contribution is 2.19. The van der Waals surface area contributed by atoms with Crippen molar-refractivity contribution in [2.75, 3.05) is 5.32 Å². The summed E-state index contributed by atoms with van der Waals surface area (Å²) in [7, 11) is 0. The standard InChI is InChI=1S/C15H14ClFN2O/c1-9-4-10(15(18)20)2-3-11(9)8-19-14-6-12(16)5-13(17)7-14/h2-7,19H,8H2,1H3,(H2,18,20). The van der Waals surface area contributed by atoms with Crippen LogP contribution in [0.4, 0.5) is 10.1 Å². The van der Waals surface area contributed by atoms with Gasteiger partial charge in [-0.05, 0) is 48.4 Å². The number of anilines is 1. The Labute approximate surface area is 121 Å². The molecule has 3 nitrogen and oxygen atoms in total. The van der Waals surface area contributed by atoms with Crippen molar-refractivity contribution >= 4 is 23.2 Å². The van der Waals surface area contributed by atoms with E-state index < -0.39 is 5.91 Å². The lowest BCUT2D eigenvalue weighted by Crippen LogP contribution is -2.11. The zero-order chi connectivity index (χ0) is 14.7. The SMILES string of the molecule is Cc1cc(C(N)=O)ccc1CNc1cc(F)cc(Cl)c1. The largest absolute Gasteiger partial charge is 0.381 e. The van der Waals surface area contributed by atoms with Gasteiger partial charge in [0.2, 0.25) is 5.91 Å². The summed E-state index contributed by atoms with van der Waals surface area (Å²) in [4.78, 5) is 11.1. The van der Waals surface area contributed by atoms with Crippen molar-refractivity contribution < 1.29 is 9.18 Å². The molecule has 0 saturated carbocycles. The third-order valence-corrected chi connectivity index (χ3v) is 3.19. The Bertz CT molecular complexity index is 638. The zero-order valence-electron chi connectivity index (χ0n) is 10.9. The first-order valence-electron chi connectivity index (χ1n) is 6.05. The normalized spacial score (nSPS) is 10.3. The molecule has 5 heteroatoms. The van der Waals surface area contributed by atoms with Gasteiger partial charge < -0.3 is 11.1 Å². The summed E-state index contributed by atoms with van der Waals surface area (Å²) in [6.45, 7) is 2.40. The van der Waals surface area contributed by atoms with Gasteiger partial charge >= 0.3 is 0 Å². The van der Waals surface area contributed by atoms with Crippen molar-refractivity contribution in [3.05, 3.63) is 63.9 Å². The van der Waals surface area contributed by atoms with E-state index in [4.69, 9.17) is 17.3 Å². The highest BCUT2D eigenvalue weighted by Gasteiger charge is 2.05. The maximum absolute atomic E-state index is 13.2. The zero-order valence-corrected chi connectivity index (χ0v) is 11.7. The molecule has 0 unspecified atom stereocenters. The average Bonchev–Trinajstić information content (AvgIpc) is 2.36. The third-order valence-electron chi connectivity index (χ3n) is 2.97. The molecule has 104 valence electrons. The van der Waals surface area contributed by atoms with Gasteiger partial charge in [-0.3, -0.25) is 4.79 Å². The quantitative estimate of drug-likeness (QED) is 0.906. The number of hydrogen-bond donors (Lipinski definition) is 2. The van der Waals surface area contributed by atoms with Gasteiger partial charge in [-0.2, -0.15) is 0 Å². The maximum atomic E-state index is 13.2. The summed E-state index contributed by atoms with van der Waals surface area (Å²) in [5.74, 6) is -0.842. The van der Waals surface area contributed by atoms with Crippen LogP contribution in [0.1, 0.15) is 21.5 Å². The van der Waals surface area contributed by atoms with E-state index >= 15 is 0 Å². The van der Waals surface area contributed by atoms with Crippen LogP contribution in [-0.4, -0.2) is 5.91 Å². The Kier molecular flexibility index (Phi) is 4.25. The molecule has 3 N–H and O–H groups in total. The fourth-order valence-corrected chi connectivity index (χ4v) is 2.12. The molecular formula is C15H14ClFN2O. The van der Waals surface area contributed by atoms with Crippen LogP contribution in [0, 0.1) is 12.7 Å². The number of primary amides is 1. The molecule has 0 spiro atoms. The molecule has 2 aromatic rings. The van der Waals surface area contributed by atoms with Crippen LogP contribution in [0.15, 0.2) is 36.4 Å². The minimum absolute atomic E-state index is 0.341.